The van der Waals surface area contributed by atoms with Crippen LogP contribution in [0, 0.1) is 5.82 Å². The van der Waals surface area contributed by atoms with Gasteiger partial charge < -0.3 is 14.5 Å². The molecule has 1 aromatic heterocycles. The van der Waals surface area contributed by atoms with E-state index < -0.39 is 0 Å². The van der Waals surface area contributed by atoms with Gasteiger partial charge in [0.25, 0.3) is 0 Å². The Kier molecular flexibility index (Phi) is 6.22. The molecule has 3 aromatic carbocycles. The van der Waals surface area contributed by atoms with Crippen molar-refractivity contribution in [2.45, 2.75) is 0 Å². The summed E-state index contributed by atoms with van der Waals surface area (Å²) in [5.41, 5.74) is 2.68. The van der Waals surface area contributed by atoms with E-state index in [2.05, 4.69) is 4.98 Å². The van der Waals surface area contributed by atoms with Gasteiger partial charge in [0.15, 0.2) is 17.3 Å². The van der Waals surface area contributed by atoms with E-state index in [1.54, 1.807) is 75.0 Å². The maximum atomic E-state index is 13.0. The summed E-state index contributed by atoms with van der Waals surface area (Å²) in [7, 11) is 3.10. The maximum Gasteiger partial charge on any atom is 0.330 e. The van der Waals surface area contributed by atoms with Crippen molar-refractivity contribution >= 4 is 11.9 Å². The topological polar surface area (TPSA) is 73.3 Å². The number of methoxy groups -OCH3 is 2. The minimum Gasteiger partial charge on any atom is -0.493 e. The summed E-state index contributed by atoms with van der Waals surface area (Å²) in [6.07, 6.45) is 4.70. The van der Waals surface area contributed by atoms with Gasteiger partial charge in [-0.3, -0.25) is 9.36 Å². The molecule has 0 spiro atoms. The van der Waals surface area contributed by atoms with E-state index in [0.717, 1.165) is 5.56 Å². The Bertz CT molecular complexity index is 1380. The molecule has 0 saturated heterocycles. The first-order valence-corrected chi connectivity index (χ1v) is 10.1. The standard InChI is InChI=1S/C26H21FN2O4/c1-32-24-13-9-18(15-25(24)33-2)22-16-29(26(31)28-22)21-5-3-4-19(14-21)23(30)12-8-17-6-10-20(27)11-7-17/h3-16H,1-2H3,(H,28,31)/b12-8+. The maximum absolute atomic E-state index is 13.0. The fraction of sp³-hybridized carbons (Fsp3) is 0.0769. The van der Waals surface area contributed by atoms with Crippen molar-refractivity contribution in [3.63, 3.8) is 0 Å². The van der Waals surface area contributed by atoms with Crippen LogP contribution in [0.4, 0.5) is 4.39 Å². The van der Waals surface area contributed by atoms with E-state index in [9.17, 15) is 14.0 Å². The summed E-state index contributed by atoms with van der Waals surface area (Å²) in [6.45, 7) is 0. The summed E-state index contributed by atoms with van der Waals surface area (Å²) < 4.78 is 25.1. The molecule has 7 heteroatoms. The van der Waals surface area contributed by atoms with Crippen LogP contribution in [0.3, 0.4) is 0 Å². The van der Waals surface area contributed by atoms with Crippen LogP contribution < -0.4 is 15.2 Å². The normalized spacial score (nSPS) is 11.0. The van der Waals surface area contributed by atoms with Gasteiger partial charge in [0.05, 0.1) is 25.6 Å². The number of allylic oxidation sites excluding steroid dienone is 1. The van der Waals surface area contributed by atoms with Gasteiger partial charge in [0, 0.05) is 17.3 Å². The number of H-pyrrole nitrogens is 1. The van der Waals surface area contributed by atoms with Crippen molar-refractivity contribution < 1.29 is 18.7 Å². The Morgan fingerprint density at radius 2 is 1.73 bits per heavy atom. The smallest absolute Gasteiger partial charge is 0.330 e. The van der Waals surface area contributed by atoms with Crippen molar-refractivity contribution in [2.24, 2.45) is 0 Å². The largest absolute Gasteiger partial charge is 0.493 e. The summed E-state index contributed by atoms with van der Waals surface area (Å²) in [5, 5.41) is 0. The first-order chi connectivity index (χ1) is 16.0. The molecule has 0 aliphatic rings. The number of nitrogens with zero attached hydrogens (tertiary/aromatic N) is 1. The van der Waals surface area contributed by atoms with E-state index in [0.29, 0.717) is 34.0 Å². The number of hydrogen-bond acceptors (Lipinski definition) is 4. The predicted octanol–water partition coefficient (Wildman–Crippen LogP) is 4.89. The number of aromatic nitrogens is 2. The molecule has 0 saturated carbocycles. The highest BCUT2D eigenvalue weighted by molar-refractivity contribution is 6.07. The van der Waals surface area contributed by atoms with Crippen molar-refractivity contribution in [3.05, 3.63) is 106 Å². The first kappa shape index (κ1) is 21.8. The van der Waals surface area contributed by atoms with Crippen LogP contribution in [0.2, 0.25) is 0 Å². The number of halogens is 1. The number of benzene rings is 3. The fourth-order valence-electron chi connectivity index (χ4n) is 3.39. The van der Waals surface area contributed by atoms with E-state index >= 15 is 0 Å². The lowest BCUT2D eigenvalue weighted by atomic mass is 10.1. The van der Waals surface area contributed by atoms with Gasteiger partial charge in [0.2, 0.25) is 0 Å². The van der Waals surface area contributed by atoms with E-state index in [1.165, 1.54) is 22.8 Å². The second kappa shape index (κ2) is 9.40. The van der Waals surface area contributed by atoms with Gasteiger partial charge in [0.1, 0.15) is 5.82 Å². The number of ketones is 1. The Morgan fingerprint density at radius 1 is 0.970 bits per heavy atom. The van der Waals surface area contributed by atoms with Gasteiger partial charge in [-0.1, -0.05) is 30.3 Å². The van der Waals surface area contributed by atoms with Gasteiger partial charge >= 0.3 is 5.69 Å². The fourth-order valence-corrected chi connectivity index (χ4v) is 3.39. The van der Waals surface area contributed by atoms with Crippen molar-refractivity contribution in [2.75, 3.05) is 14.2 Å². The number of carbonyl (C=O) groups is 1. The minimum absolute atomic E-state index is 0.232. The number of ether oxygens (including phenoxy) is 2. The third kappa shape index (κ3) is 4.77. The number of nitrogens with one attached hydrogen (secondary N) is 1. The second-order valence-corrected chi connectivity index (χ2v) is 7.21. The van der Waals surface area contributed by atoms with Crippen molar-refractivity contribution in [1.82, 2.24) is 9.55 Å². The van der Waals surface area contributed by atoms with Crippen molar-refractivity contribution in [3.8, 4) is 28.4 Å². The molecule has 33 heavy (non-hydrogen) atoms. The Balaban J connectivity index is 1.61. The molecule has 4 aromatic rings. The lowest BCUT2D eigenvalue weighted by Crippen LogP contribution is -2.14. The van der Waals surface area contributed by atoms with E-state index in [4.69, 9.17) is 9.47 Å². The molecule has 0 amide bonds. The molecule has 0 unspecified atom stereocenters. The lowest BCUT2D eigenvalue weighted by Gasteiger charge is -2.08. The molecule has 1 heterocycles. The SMILES string of the molecule is COc1ccc(-c2cn(-c3cccc(C(=O)/C=C/c4ccc(F)cc4)c3)c(=O)[nH]2)cc1OC. The van der Waals surface area contributed by atoms with Gasteiger partial charge in [-0.25, -0.2) is 9.18 Å². The van der Waals surface area contributed by atoms with Crippen LogP contribution in [0.1, 0.15) is 15.9 Å². The highest BCUT2D eigenvalue weighted by Crippen LogP contribution is 2.31. The highest BCUT2D eigenvalue weighted by Gasteiger charge is 2.12. The number of hydrogen-bond donors (Lipinski definition) is 1. The average Bonchev–Trinajstić information content (AvgIpc) is 3.24. The van der Waals surface area contributed by atoms with Gasteiger partial charge in [-0.2, -0.15) is 0 Å². The average molecular weight is 444 g/mol. The zero-order valence-corrected chi connectivity index (χ0v) is 18.0. The molecule has 0 aliphatic heterocycles. The zero-order chi connectivity index (χ0) is 23.4. The summed E-state index contributed by atoms with van der Waals surface area (Å²) in [5.74, 6) is 0.563. The Labute approximate surface area is 189 Å². The summed E-state index contributed by atoms with van der Waals surface area (Å²) in [4.78, 5) is 28.1. The Hall–Kier alpha value is -4.39. The molecule has 1 N–H and O–H groups in total. The molecular weight excluding hydrogens is 423 g/mol. The van der Waals surface area contributed by atoms with Crippen LogP contribution in [0.25, 0.3) is 23.0 Å². The van der Waals surface area contributed by atoms with E-state index in [1.807, 2.05) is 6.07 Å². The predicted molar refractivity (Wildman–Crippen MR) is 125 cm³/mol. The molecule has 0 bridgehead atoms. The molecule has 6 nitrogen and oxygen atoms in total. The third-order valence-electron chi connectivity index (χ3n) is 5.12. The minimum atomic E-state index is -0.341. The van der Waals surface area contributed by atoms with E-state index in [-0.39, 0.29) is 17.3 Å². The molecule has 0 fully saturated rings. The van der Waals surface area contributed by atoms with Crippen LogP contribution in [0.15, 0.2) is 83.8 Å². The van der Waals surface area contributed by atoms with Crippen LogP contribution >= 0.6 is 0 Å². The quantitative estimate of drug-likeness (QED) is 0.326. The molecule has 4 rings (SSSR count). The van der Waals surface area contributed by atoms with Crippen molar-refractivity contribution in [1.29, 1.82) is 0 Å². The second-order valence-electron chi connectivity index (χ2n) is 7.21. The number of rotatable bonds is 7. The number of carbonyl (C=O) groups excluding carboxylic acids is 1. The van der Waals surface area contributed by atoms with Crippen LogP contribution in [0.5, 0.6) is 11.5 Å². The molecule has 0 aliphatic carbocycles. The monoisotopic (exact) mass is 444 g/mol. The molecule has 0 radical (unpaired) electrons. The Morgan fingerprint density at radius 3 is 2.45 bits per heavy atom. The number of imidazole rings is 1. The van der Waals surface area contributed by atoms with Gasteiger partial charge in [-0.05, 0) is 54.1 Å². The number of aromatic amines is 1. The zero-order valence-electron chi connectivity index (χ0n) is 18.0. The summed E-state index contributed by atoms with van der Waals surface area (Å²) >= 11 is 0. The molecule has 0 atom stereocenters. The highest BCUT2D eigenvalue weighted by atomic mass is 19.1. The van der Waals surface area contributed by atoms with Gasteiger partial charge in [-0.15, -0.1) is 0 Å². The molecular formula is C26H21FN2O4. The summed E-state index contributed by atoms with van der Waals surface area (Å²) in [6, 6.07) is 18.0. The molecule has 166 valence electrons. The lowest BCUT2D eigenvalue weighted by molar-refractivity contribution is 0.104. The van der Waals surface area contributed by atoms with Crippen LogP contribution in [-0.2, 0) is 0 Å². The third-order valence-corrected chi connectivity index (χ3v) is 5.12. The van der Waals surface area contributed by atoms with Crippen LogP contribution in [-0.4, -0.2) is 29.6 Å². The first-order valence-electron chi connectivity index (χ1n) is 10.1.